The van der Waals surface area contributed by atoms with Gasteiger partial charge in [-0.25, -0.2) is 0 Å². The minimum absolute atomic E-state index is 0.00814. The molecule has 0 heterocycles. The lowest BCUT2D eigenvalue weighted by atomic mass is 9.87. The van der Waals surface area contributed by atoms with E-state index in [2.05, 4.69) is 36.9 Å². The zero-order chi connectivity index (χ0) is 26.8. The third-order valence-electron chi connectivity index (χ3n) is 5.52. The van der Waals surface area contributed by atoms with Crippen molar-refractivity contribution < 1.29 is 23.9 Å². The van der Waals surface area contributed by atoms with Crippen LogP contribution in [0.1, 0.15) is 64.3 Å². The molecule has 0 aliphatic carbocycles. The van der Waals surface area contributed by atoms with Crippen LogP contribution in [-0.4, -0.2) is 37.5 Å². The van der Waals surface area contributed by atoms with E-state index in [1.807, 2.05) is 19.1 Å². The highest BCUT2D eigenvalue weighted by Crippen LogP contribution is 2.22. The van der Waals surface area contributed by atoms with Crippen molar-refractivity contribution in [1.29, 1.82) is 0 Å². The first-order chi connectivity index (χ1) is 17.7. The number of carbonyl (C=O) groups is 3. The Kier molecular flexibility index (Phi) is 9.40. The molecule has 0 saturated carbocycles. The number of amides is 3. The topological polar surface area (TPSA) is 106 Å². The van der Waals surface area contributed by atoms with Gasteiger partial charge in [0.1, 0.15) is 12.4 Å². The number of ether oxygens (including phenoxy) is 2. The van der Waals surface area contributed by atoms with Crippen molar-refractivity contribution in [1.82, 2.24) is 10.9 Å². The van der Waals surface area contributed by atoms with Crippen molar-refractivity contribution in [2.75, 3.05) is 25.1 Å². The monoisotopic (exact) mass is 503 g/mol. The third kappa shape index (κ3) is 8.18. The van der Waals surface area contributed by atoms with Gasteiger partial charge in [0.2, 0.25) is 0 Å². The highest BCUT2D eigenvalue weighted by molar-refractivity contribution is 6.04. The summed E-state index contributed by atoms with van der Waals surface area (Å²) in [7, 11) is 0. The highest BCUT2D eigenvalue weighted by Gasteiger charge is 2.15. The molecule has 8 heteroatoms. The molecule has 0 aliphatic heterocycles. The van der Waals surface area contributed by atoms with Crippen LogP contribution >= 0.6 is 0 Å². The summed E-state index contributed by atoms with van der Waals surface area (Å²) >= 11 is 0. The Bertz CT molecular complexity index is 1200. The first-order valence-electron chi connectivity index (χ1n) is 12.1. The van der Waals surface area contributed by atoms with Crippen molar-refractivity contribution in [3.05, 3.63) is 95.1 Å². The normalized spacial score (nSPS) is 10.9. The molecular weight excluding hydrogens is 470 g/mol. The maximum atomic E-state index is 12.6. The number of carbonyl (C=O) groups excluding carboxylic acids is 3. The molecule has 0 bridgehead atoms. The van der Waals surface area contributed by atoms with Crippen LogP contribution in [0, 0.1) is 0 Å². The largest absolute Gasteiger partial charge is 0.491 e. The van der Waals surface area contributed by atoms with Gasteiger partial charge in [-0.15, -0.1) is 0 Å². The summed E-state index contributed by atoms with van der Waals surface area (Å²) in [4.78, 5) is 37.3. The molecule has 8 nitrogen and oxygen atoms in total. The predicted molar refractivity (Wildman–Crippen MR) is 143 cm³/mol. The van der Waals surface area contributed by atoms with Gasteiger partial charge in [-0.3, -0.25) is 25.2 Å². The molecule has 0 aliphatic rings. The summed E-state index contributed by atoms with van der Waals surface area (Å²) in [6.07, 6.45) is 0. The summed E-state index contributed by atoms with van der Waals surface area (Å²) in [5.74, 6) is -0.569. The van der Waals surface area contributed by atoms with Gasteiger partial charge >= 0.3 is 0 Å². The molecule has 194 valence electrons. The fourth-order valence-electron chi connectivity index (χ4n) is 3.35. The van der Waals surface area contributed by atoms with E-state index in [1.165, 1.54) is 0 Å². The minimum Gasteiger partial charge on any atom is -0.491 e. The zero-order valence-electron chi connectivity index (χ0n) is 21.6. The number of benzene rings is 3. The Morgan fingerprint density at radius 3 is 1.68 bits per heavy atom. The highest BCUT2D eigenvalue weighted by atomic mass is 16.5. The Morgan fingerprint density at radius 1 is 0.676 bits per heavy atom. The van der Waals surface area contributed by atoms with Crippen molar-refractivity contribution in [3.63, 3.8) is 0 Å². The van der Waals surface area contributed by atoms with Crippen LogP contribution < -0.4 is 20.9 Å². The van der Waals surface area contributed by atoms with E-state index in [0.717, 1.165) is 5.56 Å². The van der Waals surface area contributed by atoms with Crippen LogP contribution in [0.2, 0.25) is 0 Å². The molecule has 0 saturated heterocycles. The lowest BCUT2D eigenvalue weighted by Crippen LogP contribution is -2.41. The molecule has 0 radical (unpaired) electrons. The van der Waals surface area contributed by atoms with Crippen molar-refractivity contribution in [3.8, 4) is 5.75 Å². The molecule has 0 aromatic heterocycles. The van der Waals surface area contributed by atoms with Crippen LogP contribution in [0.5, 0.6) is 5.75 Å². The molecule has 3 rings (SSSR count). The van der Waals surface area contributed by atoms with Crippen LogP contribution in [0.3, 0.4) is 0 Å². The van der Waals surface area contributed by atoms with Crippen molar-refractivity contribution >= 4 is 23.4 Å². The fraction of sp³-hybridized carbons (Fsp3) is 0.276. The minimum atomic E-state index is -0.486. The summed E-state index contributed by atoms with van der Waals surface area (Å²) < 4.78 is 10.7. The van der Waals surface area contributed by atoms with Gasteiger partial charge in [-0.1, -0.05) is 32.9 Å². The maximum Gasteiger partial charge on any atom is 0.269 e. The summed E-state index contributed by atoms with van der Waals surface area (Å²) in [6, 6.07) is 20.4. The van der Waals surface area contributed by atoms with Crippen molar-refractivity contribution in [2.45, 2.75) is 33.1 Å². The van der Waals surface area contributed by atoms with Crippen LogP contribution in [0.25, 0.3) is 0 Å². The molecule has 3 aromatic carbocycles. The fourth-order valence-corrected chi connectivity index (χ4v) is 3.35. The van der Waals surface area contributed by atoms with E-state index >= 15 is 0 Å². The lowest BCUT2D eigenvalue weighted by Gasteiger charge is -2.19. The first kappa shape index (κ1) is 27.4. The van der Waals surface area contributed by atoms with Gasteiger partial charge in [-0.05, 0) is 78.6 Å². The average Bonchev–Trinajstić information content (AvgIpc) is 2.90. The Balaban J connectivity index is 1.48. The van der Waals surface area contributed by atoms with E-state index in [-0.39, 0.29) is 11.3 Å². The SMILES string of the molecule is CCOCCOc1ccc(C(=O)NNC(=O)c2ccc(NC(=O)c3ccc(C(C)(C)C)cc3)cc2)cc1. The molecular formula is C29H33N3O5. The van der Waals surface area contributed by atoms with Crippen LogP contribution in [0.15, 0.2) is 72.8 Å². The average molecular weight is 504 g/mol. The smallest absolute Gasteiger partial charge is 0.269 e. The molecule has 0 atom stereocenters. The number of anilines is 1. The number of nitrogens with one attached hydrogen (secondary N) is 3. The Hall–Kier alpha value is -4.17. The Labute approximate surface area is 217 Å². The van der Waals surface area contributed by atoms with Gasteiger partial charge < -0.3 is 14.8 Å². The van der Waals surface area contributed by atoms with Gasteiger partial charge in [0.15, 0.2) is 0 Å². The standard InChI is InChI=1S/C29H33N3O5/c1-5-36-18-19-37-25-16-10-22(11-17-25)28(35)32-31-27(34)21-8-14-24(15-9-21)30-26(33)20-6-12-23(13-7-20)29(2,3)4/h6-17H,5,18-19H2,1-4H3,(H,30,33)(H,31,34)(H,32,35). The van der Waals surface area contributed by atoms with Crippen LogP contribution in [0.4, 0.5) is 5.69 Å². The van der Waals surface area contributed by atoms with E-state index in [1.54, 1.807) is 60.7 Å². The number of hydrogen-bond donors (Lipinski definition) is 3. The van der Waals surface area contributed by atoms with Gasteiger partial charge in [0.25, 0.3) is 17.7 Å². The first-order valence-corrected chi connectivity index (χ1v) is 12.1. The molecule has 3 amide bonds. The number of rotatable bonds is 9. The lowest BCUT2D eigenvalue weighted by molar-refractivity contribution is 0.0846. The summed E-state index contributed by atoms with van der Waals surface area (Å²) in [5, 5.41) is 2.82. The van der Waals surface area contributed by atoms with Gasteiger partial charge in [0, 0.05) is 29.0 Å². The molecule has 0 fully saturated rings. The molecule has 37 heavy (non-hydrogen) atoms. The van der Waals surface area contributed by atoms with Gasteiger partial charge in [0.05, 0.1) is 6.61 Å². The van der Waals surface area contributed by atoms with Crippen LogP contribution in [-0.2, 0) is 10.2 Å². The van der Waals surface area contributed by atoms with E-state index in [4.69, 9.17) is 9.47 Å². The van der Waals surface area contributed by atoms with Crippen molar-refractivity contribution in [2.24, 2.45) is 0 Å². The van der Waals surface area contributed by atoms with E-state index < -0.39 is 11.8 Å². The molecule has 3 aromatic rings. The second-order valence-electron chi connectivity index (χ2n) is 9.34. The maximum absolute atomic E-state index is 12.6. The number of hydrogen-bond acceptors (Lipinski definition) is 5. The molecule has 3 N–H and O–H groups in total. The summed E-state index contributed by atoms with van der Waals surface area (Å²) in [5.41, 5.74) is 7.72. The second-order valence-corrected chi connectivity index (χ2v) is 9.34. The third-order valence-corrected chi connectivity index (χ3v) is 5.52. The second kappa shape index (κ2) is 12.7. The van der Waals surface area contributed by atoms with Gasteiger partial charge in [-0.2, -0.15) is 0 Å². The predicted octanol–water partition coefficient (Wildman–Crippen LogP) is 4.73. The zero-order valence-corrected chi connectivity index (χ0v) is 21.6. The quantitative estimate of drug-likeness (QED) is 0.289. The number of hydrazine groups is 1. The Morgan fingerprint density at radius 2 is 1.16 bits per heavy atom. The van der Waals surface area contributed by atoms with E-state index in [9.17, 15) is 14.4 Å². The molecule has 0 unspecified atom stereocenters. The summed E-state index contributed by atoms with van der Waals surface area (Å²) in [6.45, 7) is 9.79. The molecule has 0 spiro atoms. The van der Waals surface area contributed by atoms with E-state index in [0.29, 0.717) is 47.9 Å².